The number of carbonyl (C=O) groups is 1. The zero-order chi connectivity index (χ0) is 25.6. The molecule has 0 aliphatic carbocycles. The van der Waals surface area contributed by atoms with Crippen LogP contribution in [0.5, 0.6) is 5.75 Å². The molecule has 0 saturated carbocycles. The standard InChI is InChI=1S/C27H32F3N3O3/c1-17-14-32(15-18(2)36-17)26(34)23-13-19-12-20(27(28,29)30)4-9-24(19)33-11-10-31(16-25(23)33)21-5-7-22(35-3)8-6-21/h4-9,12,17-18,23,25H,10-11,13-16H2,1-3H3. The Balaban J connectivity index is 1.48. The molecule has 194 valence electrons. The summed E-state index contributed by atoms with van der Waals surface area (Å²) in [5.74, 6) is 0.319. The van der Waals surface area contributed by atoms with Crippen molar-refractivity contribution < 1.29 is 27.4 Å². The topological polar surface area (TPSA) is 45.2 Å². The molecule has 4 unspecified atom stereocenters. The first-order valence-electron chi connectivity index (χ1n) is 12.4. The number of piperazine rings is 1. The molecule has 9 heteroatoms. The van der Waals surface area contributed by atoms with Crippen LogP contribution >= 0.6 is 0 Å². The highest BCUT2D eigenvalue weighted by Crippen LogP contribution is 2.41. The predicted molar refractivity (Wildman–Crippen MR) is 132 cm³/mol. The lowest BCUT2D eigenvalue weighted by atomic mass is 9.82. The number of rotatable bonds is 3. The van der Waals surface area contributed by atoms with Crippen LogP contribution in [0.25, 0.3) is 0 Å². The van der Waals surface area contributed by atoms with Crippen molar-refractivity contribution in [3.05, 3.63) is 53.6 Å². The molecule has 6 nitrogen and oxygen atoms in total. The van der Waals surface area contributed by atoms with Gasteiger partial charge >= 0.3 is 6.18 Å². The van der Waals surface area contributed by atoms with Gasteiger partial charge in [-0.1, -0.05) is 0 Å². The number of ether oxygens (including phenoxy) is 2. The number of alkyl halides is 3. The lowest BCUT2D eigenvalue weighted by Gasteiger charge is -2.51. The molecule has 2 aromatic rings. The van der Waals surface area contributed by atoms with Gasteiger partial charge in [0.2, 0.25) is 5.91 Å². The average molecular weight is 504 g/mol. The molecule has 2 saturated heterocycles. The molecule has 0 radical (unpaired) electrons. The lowest BCUT2D eigenvalue weighted by Crippen LogP contribution is -2.62. The summed E-state index contributed by atoms with van der Waals surface area (Å²) in [4.78, 5) is 20.1. The Morgan fingerprint density at radius 2 is 1.69 bits per heavy atom. The average Bonchev–Trinajstić information content (AvgIpc) is 2.86. The summed E-state index contributed by atoms with van der Waals surface area (Å²) < 4.78 is 51.6. The largest absolute Gasteiger partial charge is 0.497 e. The second-order valence-corrected chi connectivity index (χ2v) is 10.1. The van der Waals surface area contributed by atoms with Crippen molar-refractivity contribution in [1.29, 1.82) is 0 Å². The van der Waals surface area contributed by atoms with E-state index in [0.29, 0.717) is 38.3 Å². The minimum atomic E-state index is -4.42. The third-order valence-electron chi connectivity index (χ3n) is 7.53. The lowest BCUT2D eigenvalue weighted by molar-refractivity contribution is -0.148. The highest BCUT2D eigenvalue weighted by Gasteiger charge is 2.44. The zero-order valence-electron chi connectivity index (χ0n) is 20.8. The third-order valence-corrected chi connectivity index (χ3v) is 7.53. The van der Waals surface area contributed by atoms with E-state index in [1.54, 1.807) is 13.2 Å². The molecule has 3 aliphatic rings. The first kappa shape index (κ1) is 24.7. The van der Waals surface area contributed by atoms with E-state index in [1.807, 2.05) is 43.0 Å². The maximum Gasteiger partial charge on any atom is 0.416 e. The quantitative estimate of drug-likeness (QED) is 0.628. The molecule has 2 aromatic carbocycles. The van der Waals surface area contributed by atoms with E-state index in [9.17, 15) is 18.0 Å². The van der Waals surface area contributed by atoms with E-state index in [2.05, 4.69) is 9.80 Å². The minimum absolute atomic E-state index is 0.00774. The summed E-state index contributed by atoms with van der Waals surface area (Å²) in [6.07, 6.45) is -4.30. The fourth-order valence-electron chi connectivity index (χ4n) is 5.90. The van der Waals surface area contributed by atoms with Gasteiger partial charge in [-0.05, 0) is 68.3 Å². The molecule has 5 rings (SSSR count). The Morgan fingerprint density at radius 3 is 2.33 bits per heavy atom. The third kappa shape index (κ3) is 4.73. The summed E-state index contributed by atoms with van der Waals surface area (Å²) in [5.41, 5.74) is 1.76. The predicted octanol–water partition coefficient (Wildman–Crippen LogP) is 4.22. The number of amides is 1. The Hall–Kier alpha value is -2.94. The number of hydrogen-bond acceptors (Lipinski definition) is 5. The van der Waals surface area contributed by atoms with Crippen LogP contribution in [0.3, 0.4) is 0 Å². The number of morpholine rings is 1. The number of nitrogens with zero attached hydrogens (tertiary/aromatic N) is 3. The monoisotopic (exact) mass is 503 g/mol. The Labute approximate surface area is 209 Å². The number of anilines is 2. The van der Waals surface area contributed by atoms with Gasteiger partial charge < -0.3 is 24.2 Å². The molecule has 2 fully saturated rings. The summed E-state index contributed by atoms with van der Waals surface area (Å²) >= 11 is 0. The van der Waals surface area contributed by atoms with Gasteiger partial charge in [0.15, 0.2) is 0 Å². The summed E-state index contributed by atoms with van der Waals surface area (Å²) in [6, 6.07) is 11.6. The van der Waals surface area contributed by atoms with Crippen molar-refractivity contribution in [2.45, 2.75) is 44.7 Å². The van der Waals surface area contributed by atoms with Crippen molar-refractivity contribution in [1.82, 2.24) is 4.90 Å². The molecule has 0 spiro atoms. The molecule has 4 atom stereocenters. The summed E-state index contributed by atoms with van der Waals surface area (Å²) in [7, 11) is 1.63. The van der Waals surface area contributed by atoms with Crippen LogP contribution < -0.4 is 14.5 Å². The van der Waals surface area contributed by atoms with Crippen LogP contribution in [0.4, 0.5) is 24.5 Å². The van der Waals surface area contributed by atoms with E-state index < -0.39 is 17.7 Å². The minimum Gasteiger partial charge on any atom is -0.497 e. The maximum absolute atomic E-state index is 13.9. The van der Waals surface area contributed by atoms with Crippen molar-refractivity contribution in [2.24, 2.45) is 5.92 Å². The highest BCUT2D eigenvalue weighted by atomic mass is 19.4. The SMILES string of the molecule is COc1ccc(N2CCN3c4ccc(C(F)(F)F)cc4CC(C(=O)N4CC(C)OC(C)C4)C3C2)cc1. The van der Waals surface area contributed by atoms with Crippen LogP contribution in [0, 0.1) is 5.92 Å². The number of benzene rings is 2. The molecule has 0 bridgehead atoms. The fraction of sp³-hybridized carbons (Fsp3) is 0.519. The van der Waals surface area contributed by atoms with Gasteiger partial charge in [-0.3, -0.25) is 4.79 Å². The van der Waals surface area contributed by atoms with Crippen LogP contribution in [0.15, 0.2) is 42.5 Å². The number of hydrogen-bond donors (Lipinski definition) is 0. The van der Waals surface area contributed by atoms with Gasteiger partial charge in [-0.25, -0.2) is 0 Å². The number of fused-ring (bicyclic) bond motifs is 3. The number of methoxy groups -OCH3 is 1. The van der Waals surface area contributed by atoms with Gasteiger partial charge in [0.1, 0.15) is 5.75 Å². The Kier molecular flexibility index (Phi) is 6.53. The van der Waals surface area contributed by atoms with E-state index in [4.69, 9.17) is 9.47 Å². The summed E-state index contributed by atoms with van der Waals surface area (Å²) in [6.45, 7) is 6.80. The first-order valence-corrected chi connectivity index (χ1v) is 12.4. The second kappa shape index (κ2) is 9.50. The number of carbonyl (C=O) groups excluding carboxylic acids is 1. The molecule has 0 N–H and O–H groups in total. The van der Waals surface area contributed by atoms with Gasteiger partial charge in [-0.15, -0.1) is 0 Å². The van der Waals surface area contributed by atoms with Crippen molar-refractivity contribution >= 4 is 17.3 Å². The molecule has 1 amide bonds. The normalized spacial score (nSPS) is 26.3. The van der Waals surface area contributed by atoms with Crippen molar-refractivity contribution in [2.75, 3.05) is 49.6 Å². The van der Waals surface area contributed by atoms with Crippen LogP contribution in [0.2, 0.25) is 0 Å². The molecule has 3 heterocycles. The molecule has 36 heavy (non-hydrogen) atoms. The van der Waals surface area contributed by atoms with Crippen LogP contribution in [-0.4, -0.2) is 68.9 Å². The maximum atomic E-state index is 13.9. The van der Waals surface area contributed by atoms with Gasteiger partial charge in [0.25, 0.3) is 0 Å². The first-order chi connectivity index (χ1) is 17.1. The Morgan fingerprint density at radius 1 is 1.00 bits per heavy atom. The number of halogens is 3. The molecular weight excluding hydrogens is 471 g/mol. The van der Waals surface area contributed by atoms with Gasteiger partial charge in [-0.2, -0.15) is 13.2 Å². The summed E-state index contributed by atoms with van der Waals surface area (Å²) in [5, 5.41) is 0. The Bertz CT molecular complexity index is 1100. The second-order valence-electron chi connectivity index (χ2n) is 10.1. The van der Waals surface area contributed by atoms with Gasteiger partial charge in [0, 0.05) is 44.1 Å². The van der Waals surface area contributed by atoms with Crippen molar-refractivity contribution in [3.63, 3.8) is 0 Å². The zero-order valence-corrected chi connectivity index (χ0v) is 20.8. The van der Waals surface area contributed by atoms with Crippen molar-refractivity contribution in [3.8, 4) is 5.75 Å². The smallest absolute Gasteiger partial charge is 0.416 e. The molecule has 3 aliphatic heterocycles. The van der Waals surface area contributed by atoms with E-state index >= 15 is 0 Å². The van der Waals surface area contributed by atoms with E-state index in [0.717, 1.165) is 23.2 Å². The van der Waals surface area contributed by atoms with Crippen LogP contribution in [0.1, 0.15) is 25.0 Å². The van der Waals surface area contributed by atoms with Gasteiger partial charge in [0.05, 0.1) is 36.8 Å². The molecular formula is C27H32F3N3O3. The van der Waals surface area contributed by atoms with Crippen LogP contribution in [-0.2, 0) is 22.1 Å². The highest BCUT2D eigenvalue weighted by molar-refractivity contribution is 5.83. The molecule has 0 aromatic heterocycles. The van der Waals surface area contributed by atoms with E-state index in [-0.39, 0.29) is 30.6 Å². The van der Waals surface area contributed by atoms with E-state index in [1.165, 1.54) is 6.07 Å². The fourth-order valence-corrected chi connectivity index (χ4v) is 5.90.